The van der Waals surface area contributed by atoms with Gasteiger partial charge in [0.1, 0.15) is 0 Å². The molecule has 1 N–H and O–H groups in total. The Kier molecular flexibility index (Phi) is 6.06. The van der Waals surface area contributed by atoms with Gasteiger partial charge in [0.25, 0.3) is 0 Å². The quantitative estimate of drug-likeness (QED) is 0.878. The Balaban J connectivity index is 2.06. The van der Waals surface area contributed by atoms with E-state index in [2.05, 4.69) is 5.32 Å². The molecule has 1 aromatic carbocycles. The minimum atomic E-state index is -3.45. The summed E-state index contributed by atoms with van der Waals surface area (Å²) in [6.07, 6.45) is 1.42. The van der Waals surface area contributed by atoms with Crippen molar-refractivity contribution in [3.8, 4) is 0 Å². The summed E-state index contributed by atoms with van der Waals surface area (Å²) in [5.74, 6) is -0.436. The summed E-state index contributed by atoms with van der Waals surface area (Å²) >= 11 is 5.91. The molecular weight excluding hydrogens is 336 g/mol. The van der Waals surface area contributed by atoms with Crippen LogP contribution in [0.3, 0.4) is 0 Å². The zero-order valence-electron chi connectivity index (χ0n) is 13.5. The highest BCUT2D eigenvalue weighted by Gasteiger charge is 2.32. The molecule has 1 heterocycles. The van der Waals surface area contributed by atoms with Gasteiger partial charge >= 0.3 is 0 Å². The molecule has 7 heteroatoms. The van der Waals surface area contributed by atoms with Gasteiger partial charge in [-0.3, -0.25) is 4.79 Å². The summed E-state index contributed by atoms with van der Waals surface area (Å²) in [5, 5.41) is 3.38. The number of rotatable bonds is 5. The van der Waals surface area contributed by atoms with Gasteiger partial charge in [-0.25, -0.2) is 12.7 Å². The molecule has 5 nitrogen and oxygen atoms in total. The number of hydrogen-bond donors (Lipinski definition) is 1. The molecule has 2 rings (SSSR count). The molecule has 23 heavy (non-hydrogen) atoms. The summed E-state index contributed by atoms with van der Waals surface area (Å²) in [5.41, 5.74) is 0.659. The van der Waals surface area contributed by atoms with E-state index < -0.39 is 10.0 Å². The lowest BCUT2D eigenvalue weighted by Gasteiger charge is -2.31. The fourth-order valence-corrected chi connectivity index (χ4v) is 4.55. The number of nitrogens with zero attached hydrogens (tertiary/aromatic N) is 1. The average molecular weight is 359 g/mol. The normalized spacial score (nSPS) is 19.7. The van der Waals surface area contributed by atoms with Gasteiger partial charge in [-0.1, -0.05) is 23.7 Å². The molecule has 1 fully saturated rings. The summed E-state index contributed by atoms with van der Waals surface area (Å²) in [7, 11) is -3.45. The molecule has 1 unspecified atom stereocenters. The highest BCUT2D eigenvalue weighted by molar-refractivity contribution is 7.88. The van der Waals surface area contributed by atoms with Crippen molar-refractivity contribution in [2.75, 3.05) is 13.1 Å². The fraction of sp³-hybridized carbons (Fsp3) is 0.562. The molecule has 1 amide bonds. The Labute approximate surface area is 143 Å². The first kappa shape index (κ1) is 18.2. The Morgan fingerprint density at radius 1 is 1.43 bits per heavy atom. The number of sulfonamides is 1. The van der Waals surface area contributed by atoms with Crippen molar-refractivity contribution in [3.05, 3.63) is 34.9 Å². The fourth-order valence-electron chi connectivity index (χ4n) is 2.74. The van der Waals surface area contributed by atoms with Crippen molar-refractivity contribution in [2.24, 2.45) is 5.92 Å². The Hall–Kier alpha value is -1.11. The van der Waals surface area contributed by atoms with E-state index in [0.29, 0.717) is 23.6 Å². The first-order chi connectivity index (χ1) is 10.8. The van der Waals surface area contributed by atoms with E-state index in [9.17, 15) is 13.2 Å². The van der Waals surface area contributed by atoms with Gasteiger partial charge in [-0.15, -0.1) is 0 Å². The standard InChI is InChI=1S/C16H23ClN2O3S/c1-12(2)18-16(20)14-6-4-8-19(10-14)23(21,22)11-13-5-3-7-15(17)9-13/h3,5,7,9,12,14H,4,6,8,10-11H2,1-2H3,(H,18,20). The number of carbonyl (C=O) groups is 1. The number of carbonyl (C=O) groups excluding carboxylic acids is 1. The summed E-state index contributed by atoms with van der Waals surface area (Å²) in [6, 6.07) is 6.91. The molecule has 128 valence electrons. The van der Waals surface area contributed by atoms with E-state index in [-0.39, 0.29) is 30.2 Å². The van der Waals surface area contributed by atoms with Gasteiger partial charge in [0, 0.05) is 24.2 Å². The predicted octanol–water partition coefficient (Wildman–Crippen LogP) is 2.41. The molecular formula is C16H23ClN2O3S. The van der Waals surface area contributed by atoms with E-state index in [1.807, 2.05) is 13.8 Å². The van der Waals surface area contributed by atoms with Crippen molar-refractivity contribution in [1.82, 2.24) is 9.62 Å². The van der Waals surface area contributed by atoms with Crippen LogP contribution < -0.4 is 5.32 Å². The van der Waals surface area contributed by atoms with Gasteiger partial charge in [0.2, 0.25) is 15.9 Å². The molecule has 1 aromatic rings. The second-order valence-electron chi connectivity index (χ2n) is 6.25. The van der Waals surface area contributed by atoms with Crippen LogP contribution in [0.15, 0.2) is 24.3 Å². The van der Waals surface area contributed by atoms with Gasteiger partial charge < -0.3 is 5.32 Å². The molecule has 0 spiro atoms. The Morgan fingerprint density at radius 3 is 2.83 bits per heavy atom. The van der Waals surface area contributed by atoms with E-state index >= 15 is 0 Å². The summed E-state index contributed by atoms with van der Waals surface area (Å²) < 4.78 is 26.6. The molecule has 1 atom stereocenters. The SMILES string of the molecule is CC(C)NC(=O)C1CCCN(S(=O)(=O)Cc2cccc(Cl)c2)C1. The lowest BCUT2D eigenvalue weighted by molar-refractivity contribution is -0.126. The minimum Gasteiger partial charge on any atom is -0.354 e. The Bertz CT molecular complexity index is 661. The topological polar surface area (TPSA) is 66.5 Å². The first-order valence-electron chi connectivity index (χ1n) is 7.80. The van der Waals surface area contributed by atoms with Crippen LogP contribution in [-0.4, -0.2) is 37.8 Å². The van der Waals surface area contributed by atoms with Crippen molar-refractivity contribution in [2.45, 2.75) is 38.5 Å². The van der Waals surface area contributed by atoms with Crippen LogP contribution >= 0.6 is 11.6 Å². The maximum atomic E-state index is 12.6. The first-order valence-corrected chi connectivity index (χ1v) is 9.79. The summed E-state index contributed by atoms with van der Waals surface area (Å²) in [4.78, 5) is 12.1. The van der Waals surface area contributed by atoms with E-state index in [1.54, 1.807) is 24.3 Å². The van der Waals surface area contributed by atoms with Crippen molar-refractivity contribution in [3.63, 3.8) is 0 Å². The third-order valence-corrected chi connectivity index (χ3v) is 5.87. The monoisotopic (exact) mass is 358 g/mol. The van der Waals surface area contributed by atoms with Crippen LogP contribution in [-0.2, 0) is 20.6 Å². The third kappa shape index (κ3) is 5.19. The van der Waals surface area contributed by atoms with Crippen LogP contribution in [0, 0.1) is 5.92 Å². The number of amides is 1. The van der Waals surface area contributed by atoms with Crippen LogP contribution in [0.5, 0.6) is 0 Å². The predicted molar refractivity (Wildman–Crippen MR) is 91.7 cm³/mol. The molecule has 0 radical (unpaired) electrons. The van der Waals surface area contributed by atoms with Crippen LogP contribution in [0.2, 0.25) is 5.02 Å². The van der Waals surface area contributed by atoms with Gasteiger partial charge in [0.05, 0.1) is 11.7 Å². The maximum absolute atomic E-state index is 12.6. The van der Waals surface area contributed by atoms with Crippen molar-refractivity contribution < 1.29 is 13.2 Å². The third-order valence-electron chi connectivity index (χ3n) is 3.82. The Morgan fingerprint density at radius 2 is 2.17 bits per heavy atom. The second kappa shape index (κ2) is 7.64. The molecule has 1 aliphatic heterocycles. The molecule has 0 aromatic heterocycles. The van der Waals surface area contributed by atoms with E-state index in [4.69, 9.17) is 11.6 Å². The number of nitrogens with one attached hydrogen (secondary N) is 1. The average Bonchev–Trinajstić information content (AvgIpc) is 2.46. The van der Waals surface area contributed by atoms with Crippen LogP contribution in [0.1, 0.15) is 32.3 Å². The maximum Gasteiger partial charge on any atom is 0.224 e. The number of piperidine rings is 1. The summed E-state index contributed by atoms with van der Waals surface area (Å²) in [6.45, 7) is 4.51. The number of halogens is 1. The lowest BCUT2D eigenvalue weighted by atomic mass is 9.98. The molecule has 0 aliphatic carbocycles. The van der Waals surface area contributed by atoms with Gasteiger partial charge in [-0.2, -0.15) is 0 Å². The van der Waals surface area contributed by atoms with E-state index in [1.165, 1.54) is 4.31 Å². The van der Waals surface area contributed by atoms with Crippen molar-refractivity contribution in [1.29, 1.82) is 0 Å². The molecule has 1 aliphatic rings. The number of hydrogen-bond acceptors (Lipinski definition) is 3. The zero-order chi connectivity index (χ0) is 17.0. The molecule has 0 bridgehead atoms. The largest absolute Gasteiger partial charge is 0.354 e. The van der Waals surface area contributed by atoms with Gasteiger partial charge in [-0.05, 0) is 44.4 Å². The zero-order valence-corrected chi connectivity index (χ0v) is 15.0. The van der Waals surface area contributed by atoms with Crippen LogP contribution in [0.25, 0.3) is 0 Å². The number of benzene rings is 1. The van der Waals surface area contributed by atoms with E-state index in [0.717, 1.165) is 6.42 Å². The van der Waals surface area contributed by atoms with Crippen LogP contribution in [0.4, 0.5) is 0 Å². The molecule has 0 saturated carbocycles. The molecule has 1 saturated heterocycles. The minimum absolute atomic E-state index is 0.0564. The highest BCUT2D eigenvalue weighted by atomic mass is 35.5. The lowest BCUT2D eigenvalue weighted by Crippen LogP contribution is -2.46. The van der Waals surface area contributed by atoms with Crippen molar-refractivity contribution >= 4 is 27.5 Å². The second-order valence-corrected chi connectivity index (χ2v) is 8.65. The smallest absolute Gasteiger partial charge is 0.224 e. The van der Waals surface area contributed by atoms with Gasteiger partial charge in [0.15, 0.2) is 0 Å². The highest BCUT2D eigenvalue weighted by Crippen LogP contribution is 2.22.